The monoisotopic (exact) mass is 237 g/mol. The summed E-state index contributed by atoms with van der Waals surface area (Å²) in [6, 6.07) is 6.07. The number of halogens is 1. The van der Waals surface area contributed by atoms with Gasteiger partial charge in [0, 0.05) is 18.2 Å². The van der Waals surface area contributed by atoms with Crippen LogP contribution in [0.5, 0.6) is 0 Å². The Morgan fingerprint density at radius 3 is 3.12 bits per heavy atom. The van der Waals surface area contributed by atoms with E-state index in [1.807, 2.05) is 6.92 Å². The Hall–Kier alpha value is -1.26. The Labute approximate surface area is 100 Å². The molecule has 92 valence electrons. The van der Waals surface area contributed by atoms with Crippen LogP contribution < -0.4 is 0 Å². The highest BCUT2D eigenvalue weighted by molar-refractivity contribution is 5.97. The van der Waals surface area contributed by atoms with Crippen LogP contribution >= 0.6 is 0 Å². The van der Waals surface area contributed by atoms with Crippen LogP contribution in [0.2, 0.25) is 0 Å². The van der Waals surface area contributed by atoms with E-state index >= 15 is 0 Å². The molecule has 1 unspecified atom stereocenters. The number of benzene rings is 1. The van der Waals surface area contributed by atoms with Crippen LogP contribution in [0.1, 0.15) is 17.3 Å². The molecule has 1 fully saturated rings. The second-order valence-corrected chi connectivity index (χ2v) is 4.33. The fraction of sp³-hybridized carbons (Fsp3) is 0.462. The number of ketones is 1. The number of Topliss-reactive ketones (excluding diaryl/α,β-unsaturated/α-hetero) is 1. The van der Waals surface area contributed by atoms with E-state index in [9.17, 15) is 9.18 Å². The van der Waals surface area contributed by atoms with Crippen LogP contribution in [0.3, 0.4) is 0 Å². The zero-order valence-corrected chi connectivity index (χ0v) is 9.86. The summed E-state index contributed by atoms with van der Waals surface area (Å²) >= 11 is 0. The highest BCUT2D eigenvalue weighted by atomic mass is 19.1. The maximum atomic E-state index is 13.0. The average Bonchev–Trinajstić information content (AvgIpc) is 2.32. The summed E-state index contributed by atoms with van der Waals surface area (Å²) < 4.78 is 18.3. The molecule has 1 aromatic carbocycles. The largest absolute Gasteiger partial charge is 0.379 e. The van der Waals surface area contributed by atoms with Gasteiger partial charge in [0.15, 0.2) is 5.78 Å². The highest BCUT2D eigenvalue weighted by Gasteiger charge is 2.21. The summed E-state index contributed by atoms with van der Waals surface area (Å²) in [5.74, 6) is -0.413. The number of ether oxygens (including phenoxy) is 1. The number of hydrogen-bond donors (Lipinski definition) is 0. The molecule has 1 aromatic rings. The molecule has 0 amide bonds. The fourth-order valence-corrected chi connectivity index (χ4v) is 1.93. The summed E-state index contributed by atoms with van der Waals surface area (Å²) in [5, 5.41) is 0. The number of hydrogen-bond acceptors (Lipinski definition) is 3. The lowest BCUT2D eigenvalue weighted by atomic mass is 10.1. The van der Waals surface area contributed by atoms with Gasteiger partial charge in [0.2, 0.25) is 0 Å². The molecule has 2 rings (SSSR count). The molecule has 1 atom stereocenters. The maximum absolute atomic E-state index is 13.0. The van der Waals surface area contributed by atoms with Crippen molar-refractivity contribution in [2.75, 3.05) is 26.3 Å². The van der Waals surface area contributed by atoms with Crippen LogP contribution in [-0.2, 0) is 4.74 Å². The average molecular weight is 237 g/mol. The molecule has 17 heavy (non-hydrogen) atoms. The summed E-state index contributed by atoms with van der Waals surface area (Å²) in [6.07, 6.45) is 0. The van der Waals surface area contributed by atoms with Crippen molar-refractivity contribution in [2.45, 2.75) is 13.0 Å². The molecule has 0 radical (unpaired) electrons. The molecule has 1 heterocycles. The first-order valence-electron chi connectivity index (χ1n) is 5.77. The van der Waals surface area contributed by atoms with Gasteiger partial charge < -0.3 is 4.74 Å². The van der Waals surface area contributed by atoms with Gasteiger partial charge in [-0.3, -0.25) is 9.69 Å². The molecule has 0 aromatic heterocycles. The lowest BCUT2D eigenvalue weighted by Crippen LogP contribution is -2.45. The van der Waals surface area contributed by atoms with Gasteiger partial charge in [-0.2, -0.15) is 0 Å². The predicted molar refractivity (Wildman–Crippen MR) is 62.6 cm³/mol. The SMILES string of the molecule is CC1COCCN1CC(=O)c1cccc(F)c1. The van der Waals surface area contributed by atoms with Gasteiger partial charge in [0.05, 0.1) is 19.8 Å². The molecule has 0 N–H and O–H groups in total. The summed E-state index contributed by atoms with van der Waals surface area (Å²) in [5.41, 5.74) is 0.434. The van der Waals surface area contributed by atoms with E-state index in [1.165, 1.54) is 12.1 Å². The Bertz CT molecular complexity index is 408. The number of carbonyl (C=O) groups is 1. The van der Waals surface area contributed by atoms with E-state index in [0.717, 1.165) is 6.54 Å². The van der Waals surface area contributed by atoms with Crippen LogP contribution in [0, 0.1) is 5.82 Å². The van der Waals surface area contributed by atoms with Crippen LogP contribution in [-0.4, -0.2) is 43.0 Å². The lowest BCUT2D eigenvalue weighted by Gasteiger charge is -2.32. The molecule has 0 aliphatic carbocycles. The van der Waals surface area contributed by atoms with Crippen molar-refractivity contribution >= 4 is 5.78 Å². The van der Waals surface area contributed by atoms with E-state index in [0.29, 0.717) is 25.3 Å². The normalized spacial score (nSPS) is 21.4. The topological polar surface area (TPSA) is 29.5 Å². The molecule has 0 saturated carbocycles. The third kappa shape index (κ3) is 3.11. The zero-order chi connectivity index (χ0) is 12.3. The van der Waals surface area contributed by atoms with Gasteiger partial charge in [-0.25, -0.2) is 4.39 Å². The highest BCUT2D eigenvalue weighted by Crippen LogP contribution is 2.10. The second kappa shape index (κ2) is 5.38. The third-order valence-electron chi connectivity index (χ3n) is 3.00. The standard InChI is InChI=1S/C13H16FNO2/c1-10-9-17-6-5-15(10)8-13(16)11-3-2-4-12(14)7-11/h2-4,7,10H,5-6,8-9H2,1H3. The van der Waals surface area contributed by atoms with Crippen LogP contribution in [0.25, 0.3) is 0 Å². The zero-order valence-electron chi connectivity index (χ0n) is 9.86. The molecule has 0 bridgehead atoms. The van der Waals surface area contributed by atoms with E-state index in [1.54, 1.807) is 12.1 Å². The van der Waals surface area contributed by atoms with Gasteiger partial charge in [0.1, 0.15) is 5.82 Å². The fourth-order valence-electron chi connectivity index (χ4n) is 1.93. The van der Waals surface area contributed by atoms with Gasteiger partial charge in [-0.05, 0) is 19.1 Å². The molecule has 4 heteroatoms. The maximum Gasteiger partial charge on any atom is 0.176 e. The Morgan fingerprint density at radius 2 is 2.41 bits per heavy atom. The van der Waals surface area contributed by atoms with E-state index in [2.05, 4.69) is 4.90 Å². The molecular weight excluding hydrogens is 221 g/mol. The Kier molecular flexibility index (Phi) is 3.86. The van der Waals surface area contributed by atoms with Crippen molar-refractivity contribution in [1.29, 1.82) is 0 Å². The first-order chi connectivity index (χ1) is 8.16. The Morgan fingerprint density at radius 1 is 1.59 bits per heavy atom. The van der Waals surface area contributed by atoms with Crippen LogP contribution in [0.4, 0.5) is 4.39 Å². The van der Waals surface area contributed by atoms with E-state index < -0.39 is 0 Å². The molecule has 1 aliphatic rings. The van der Waals surface area contributed by atoms with Crippen molar-refractivity contribution < 1.29 is 13.9 Å². The molecular formula is C13H16FNO2. The first-order valence-corrected chi connectivity index (χ1v) is 5.77. The van der Waals surface area contributed by atoms with E-state index in [4.69, 9.17) is 4.74 Å². The summed E-state index contributed by atoms with van der Waals surface area (Å²) in [7, 11) is 0. The second-order valence-electron chi connectivity index (χ2n) is 4.33. The van der Waals surface area contributed by atoms with Crippen molar-refractivity contribution in [2.24, 2.45) is 0 Å². The number of nitrogens with zero attached hydrogens (tertiary/aromatic N) is 1. The first kappa shape index (κ1) is 12.2. The van der Waals surface area contributed by atoms with Gasteiger partial charge in [-0.15, -0.1) is 0 Å². The summed E-state index contributed by atoms with van der Waals surface area (Å²) in [6.45, 7) is 4.41. The van der Waals surface area contributed by atoms with Gasteiger partial charge in [0.25, 0.3) is 0 Å². The number of carbonyl (C=O) groups excluding carboxylic acids is 1. The van der Waals surface area contributed by atoms with Crippen molar-refractivity contribution in [3.8, 4) is 0 Å². The molecule has 0 spiro atoms. The number of morpholine rings is 1. The van der Waals surface area contributed by atoms with Gasteiger partial charge in [-0.1, -0.05) is 12.1 Å². The minimum absolute atomic E-state index is 0.0433. The predicted octanol–water partition coefficient (Wildman–Crippen LogP) is 1.73. The molecule has 1 saturated heterocycles. The van der Waals surface area contributed by atoms with Crippen molar-refractivity contribution in [1.82, 2.24) is 4.90 Å². The third-order valence-corrected chi connectivity index (χ3v) is 3.00. The minimum atomic E-state index is -0.370. The smallest absolute Gasteiger partial charge is 0.176 e. The van der Waals surface area contributed by atoms with Gasteiger partial charge >= 0.3 is 0 Å². The van der Waals surface area contributed by atoms with Crippen molar-refractivity contribution in [3.63, 3.8) is 0 Å². The number of rotatable bonds is 3. The summed E-state index contributed by atoms with van der Waals surface area (Å²) in [4.78, 5) is 14.0. The van der Waals surface area contributed by atoms with Crippen LogP contribution in [0.15, 0.2) is 24.3 Å². The molecule has 3 nitrogen and oxygen atoms in total. The Balaban J connectivity index is 2.01. The quantitative estimate of drug-likeness (QED) is 0.750. The minimum Gasteiger partial charge on any atom is -0.379 e. The lowest BCUT2D eigenvalue weighted by molar-refractivity contribution is 0.00200. The van der Waals surface area contributed by atoms with E-state index in [-0.39, 0.29) is 17.6 Å². The van der Waals surface area contributed by atoms with Crippen molar-refractivity contribution in [3.05, 3.63) is 35.6 Å². The molecule has 1 aliphatic heterocycles.